The molecular weight excluding hydrogens is 218 g/mol. The molecule has 0 radical (unpaired) electrons. The summed E-state index contributed by atoms with van der Waals surface area (Å²) < 4.78 is 0. The Balaban J connectivity index is 2.21. The third-order valence-corrected chi connectivity index (χ3v) is 3.81. The second-order valence-corrected chi connectivity index (χ2v) is 4.78. The second kappa shape index (κ2) is 3.32. The van der Waals surface area contributed by atoms with E-state index in [1.807, 2.05) is 18.2 Å². The van der Waals surface area contributed by atoms with Crippen LogP contribution in [0.15, 0.2) is 18.2 Å². The number of carbonyl (C=O) groups is 2. The van der Waals surface area contributed by atoms with E-state index in [2.05, 4.69) is 5.32 Å². The summed E-state index contributed by atoms with van der Waals surface area (Å²) in [5, 5.41) is 13.7. The Bertz CT molecular complexity index is 523. The summed E-state index contributed by atoms with van der Waals surface area (Å²) >= 11 is 0. The third-order valence-electron chi connectivity index (χ3n) is 3.81. The van der Waals surface area contributed by atoms with Crippen molar-refractivity contribution in [3.8, 4) is 0 Å². The first kappa shape index (κ1) is 10.3. The minimum atomic E-state index is -1.16. The zero-order valence-corrected chi connectivity index (χ0v) is 9.29. The molecule has 1 aromatic rings. The van der Waals surface area contributed by atoms with Gasteiger partial charge < -0.3 is 15.2 Å². The molecule has 0 spiro atoms. The first-order valence-corrected chi connectivity index (χ1v) is 5.77. The minimum absolute atomic E-state index is 0.191. The third kappa shape index (κ3) is 1.30. The highest BCUT2D eigenvalue weighted by Gasteiger charge is 2.49. The highest BCUT2D eigenvalue weighted by atomic mass is 16.4. The smallest absolute Gasteiger partial charge is 0.235 e. The van der Waals surface area contributed by atoms with Gasteiger partial charge in [-0.15, -0.1) is 0 Å². The molecule has 0 saturated carbocycles. The molecule has 0 bridgehead atoms. The van der Waals surface area contributed by atoms with Crippen LogP contribution in [0.25, 0.3) is 0 Å². The molecule has 1 aromatic carbocycles. The van der Waals surface area contributed by atoms with Gasteiger partial charge in [0.1, 0.15) is 0 Å². The van der Waals surface area contributed by atoms with E-state index >= 15 is 0 Å². The molecule has 0 fully saturated rings. The average molecular weight is 230 g/mol. The van der Waals surface area contributed by atoms with Crippen molar-refractivity contribution in [1.82, 2.24) is 0 Å². The number of aryl methyl sites for hydroxylation is 1. The Morgan fingerprint density at radius 2 is 2.29 bits per heavy atom. The van der Waals surface area contributed by atoms with Crippen LogP contribution in [0, 0.1) is 0 Å². The predicted octanol–water partition coefficient (Wildman–Crippen LogP) is 0.353. The van der Waals surface area contributed by atoms with Crippen LogP contribution >= 0.6 is 0 Å². The molecule has 1 atom stereocenters. The van der Waals surface area contributed by atoms with E-state index in [0.717, 1.165) is 29.7 Å². The summed E-state index contributed by atoms with van der Waals surface area (Å²) in [7, 11) is 0. The summed E-state index contributed by atoms with van der Waals surface area (Å²) in [5.74, 6) is -1.35. The maximum absolute atomic E-state index is 12.1. The predicted molar refractivity (Wildman–Crippen MR) is 59.3 cm³/mol. The fraction of sp³-hybridized carbons (Fsp3) is 0.385. The molecule has 4 nitrogen and oxygen atoms in total. The van der Waals surface area contributed by atoms with Crippen LogP contribution in [0.4, 0.5) is 5.69 Å². The highest BCUT2D eigenvalue weighted by Crippen LogP contribution is 2.48. The molecule has 0 saturated heterocycles. The van der Waals surface area contributed by atoms with Gasteiger partial charge in [-0.05, 0) is 36.5 Å². The summed E-state index contributed by atoms with van der Waals surface area (Å²) in [6.45, 7) is 0. The van der Waals surface area contributed by atoms with Crippen LogP contribution in [-0.2, 0) is 21.4 Å². The molecule has 1 heterocycles. The molecule has 17 heavy (non-hydrogen) atoms. The Morgan fingerprint density at radius 3 is 3.06 bits per heavy atom. The number of hydrogen-bond acceptors (Lipinski definition) is 3. The Kier molecular flexibility index (Phi) is 2.02. The Morgan fingerprint density at radius 1 is 1.47 bits per heavy atom. The lowest BCUT2D eigenvalue weighted by Gasteiger charge is -2.33. The molecule has 4 heteroatoms. The second-order valence-electron chi connectivity index (χ2n) is 4.78. The molecular formula is C13H12NO3-. The fourth-order valence-corrected chi connectivity index (χ4v) is 3.16. The fourth-order valence-electron chi connectivity index (χ4n) is 3.16. The quantitative estimate of drug-likeness (QED) is 0.797. The van der Waals surface area contributed by atoms with Gasteiger partial charge in [0, 0.05) is 18.1 Å². The van der Waals surface area contributed by atoms with E-state index in [1.165, 1.54) is 0 Å². The molecule has 88 valence electrons. The van der Waals surface area contributed by atoms with Crippen LogP contribution in [0.3, 0.4) is 0 Å². The molecule has 0 unspecified atom stereocenters. The van der Waals surface area contributed by atoms with Crippen LogP contribution in [0.1, 0.15) is 30.4 Å². The normalized spacial score (nSPS) is 25.3. The van der Waals surface area contributed by atoms with E-state index in [1.54, 1.807) is 0 Å². The summed E-state index contributed by atoms with van der Waals surface area (Å²) in [6.07, 6.45) is 2.13. The lowest BCUT2D eigenvalue weighted by Crippen LogP contribution is -2.42. The van der Waals surface area contributed by atoms with Gasteiger partial charge in [-0.2, -0.15) is 0 Å². The van der Waals surface area contributed by atoms with Crippen molar-refractivity contribution in [1.29, 1.82) is 0 Å². The molecule has 1 aliphatic heterocycles. The Labute approximate surface area is 98.6 Å². The SMILES string of the molecule is O=C([O-])C[C@@]12CCCc3cccc(c31)NC2=O. The summed E-state index contributed by atoms with van der Waals surface area (Å²) in [5.41, 5.74) is 1.87. The lowest BCUT2D eigenvalue weighted by atomic mass is 9.69. The van der Waals surface area contributed by atoms with Crippen molar-refractivity contribution < 1.29 is 14.7 Å². The molecule has 3 rings (SSSR count). The first-order chi connectivity index (χ1) is 8.13. The average Bonchev–Trinajstić information content (AvgIpc) is 2.54. The van der Waals surface area contributed by atoms with Crippen LogP contribution in [-0.4, -0.2) is 11.9 Å². The van der Waals surface area contributed by atoms with Gasteiger partial charge in [-0.1, -0.05) is 12.1 Å². The number of carboxylic acid groups (broad SMARTS) is 1. The monoisotopic (exact) mass is 230 g/mol. The number of hydrogen-bond donors (Lipinski definition) is 1. The van der Waals surface area contributed by atoms with Gasteiger partial charge in [-0.3, -0.25) is 4.79 Å². The van der Waals surface area contributed by atoms with Gasteiger partial charge in [-0.25, -0.2) is 0 Å². The molecule has 1 N–H and O–H groups in total. The molecule has 2 aliphatic rings. The highest BCUT2D eigenvalue weighted by molar-refractivity contribution is 6.08. The molecule has 1 amide bonds. The first-order valence-electron chi connectivity index (χ1n) is 5.77. The van der Waals surface area contributed by atoms with Crippen LogP contribution < -0.4 is 10.4 Å². The number of carbonyl (C=O) groups excluding carboxylic acids is 2. The molecule has 1 aliphatic carbocycles. The van der Waals surface area contributed by atoms with Gasteiger partial charge in [0.2, 0.25) is 5.91 Å². The van der Waals surface area contributed by atoms with E-state index in [9.17, 15) is 14.7 Å². The van der Waals surface area contributed by atoms with Crippen LogP contribution in [0.5, 0.6) is 0 Å². The number of nitrogens with one attached hydrogen (secondary N) is 1. The number of carboxylic acids is 1. The topological polar surface area (TPSA) is 69.2 Å². The summed E-state index contributed by atoms with van der Waals surface area (Å²) in [6, 6.07) is 5.70. The summed E-state index contributed by atoms with van der Waals surface area (Å²) in [4.78, 5) is 23.0. The number of benzene rings is 1. The minimum Gasteiger partial charge on any atom is -0.550 e. The molecule has 0 aromatic heterocycles. The van der Waals surface area contributed by atoms with Crippen molar-refractivity contribution in [3.05, 3.63) is 29.3 Å². The lowest BCUT2D eigenvalue weighted by molar-refractivity contribution is -0.307. The van der Waals surface area contributed by atoms with Gasteiger partial charge in [0.25, 0.3) is 0 Å². The van der Waals surface area contributed by atoms with Crippen molar-refractivity contribution in [2.24, 2.45) is 0 Å². The van der Waals surface area contributed by atoms with Crippen molar-refractivity contribution in [3.63, 3.8) is 0 Å². The van der Waals surface area contributed by atoms with Crippen molar-refractivity contribution >= 4 is 17.6 Å². The van der Waals surface area contributed by atoms with E-state index < -0.39 is 11.4 Å². The van der Waals surface area contributed by atoms with Crippen molar-refractivity contribution in [2.45, 2.75) is 31.1 Å². The maximum Gasteiger partial charge on any atom is 0.235 e. The number of amides is 1. The van der Waals surface area contributed by atoms with Gasteiger partial charge in [0.05, 0.1) is 5.41 Å². The Hall–Kier alpha value is -1.84. The van der Waals surface area contributed by atoms with E-state index in [-0.39, 0.29) is 12.3 Å². The van der Waals surface area contributed by atoms with Gasteiger partial charge in [0.15, 0.2) is 0 Å². The number of rotatable bonds is 2. The van der Waals surface area contributed by atoms with E-state index in [0.29, 0.717) is 6.42 Å². The van der Waals surface area contributed by atoms with Crippen molar-refractivity contribution in [2.75, 3.05) is 5.32 Å². The van der Waals surface area contributed by atoms with E-state index in [4.69, 9.17) is 0 Å². The zero-order chi connectivity index (χ0) is 12.0. The standard InChI is InChI=1S/C13H13NO3/c15-10(16)7-13-6-2-4-8-3-1-5-9(11(8)13)14-12(13)17/h1,3,5H,2,4,6-7H2,(H,14,17)(H,15,16)/p-1/t13-/m0/s1. The van der Waals surface area contributed by atoms with Gasteiger partial charge >= 0.3 is 0 Å². The zero-order valence-electron chi connectivity index (χ0n) is 9.29. The maximum atomic E-state index is 12.1. The largest absolute Gasteiger partial charge is 0.550 e. The number of anilines is 1. The number of aliphatic carboxylic acids is 1. The van der Waals surface area contributed by atoms with Crippen LogP contribution in [0.2, 0.25) is 0 Å².